The Morgan fingerprint density at radius 3 is 2.71 bits per heavy atom. The third-order valence-corrected chi connectivity index (χ3v) is 4.54. The Labute approximate surface area is 163 Å². The number of fused-ring (bicyclic) bond motifs is 1. The van der Waals surface area contributed by atoms with E-state index in [1.807, 2.05) is 30.3 Å². The first-order valence-electron chi connectivity index (χ1n) is 8.12. The zero-order chi connectivity index (χ0) is 19.3. The first-order valence-corrected chi connectivity index (χ1v) is 8.94. The number of hydrazone groups is 1. The highest BCUT2D eigenvalue weighted by Crippen LogP contribution is 2.32. The number of carbonyl (C=O) groups excluding carboxylic acids is 2. The Bertz CT molecular complexity index is 1050. The van der Waals surface area contributed by atoms with Crippen LogP contribution >= 0.6 is 11.3 Å². The Morgan fingerprint density at radius 1 is 1.04 bits per heavy atom. The number of amides is 2. The molecule has 2 N–H and O–H groups in total. The van der Waals surface area contributed by atoms with E-state index in [0.717, 1.165) is 5.56 Å². The summed E-state index contributed by atoms with van der Waals surface area (Å²) >= 11 is 1.17. The maximum atomic E-state index is 12.0. The molecule has 1 aliphatic rings. The van der Waals surface area contributed by atoms with Crippen molar-refractivity contribution < 1.29 is 19.1 Å². The van der Waals surface area contributed by atoms with E-state index in [-0.39, 0.29) is 11.9 Å². The van der Waals surface area contributed by atoms with Crippen LogP contribution < -0.4 is 20.2 Å². The van der Waals surface area contributed by atoms with Gasteiger partial charge >= 0.3 is 11.8 Å². The molecule has 0 bridgehead atoms. The molecular formula is C18H13N5O4S. The van der Waals surface area contributed by atoms with Crippen molar-refractivity contribution in [1.29, 1.82) is 0 Å². The maximum absolute atomic E-state index is 12.0. The number of aromatic nitrogens is 2. The SMILES string of the molecule is O=C(N/N=C\c1ccc2c(c1)OCO2)C(=O)Nc1nnc(-c2ccccc2)s1. The predicted octanol–water partition coefficient (Wildman–Crippen LogP) is 2.02. The lowest BCUT2D eigenvalue weighted by Crippen LogP contribution is -2.32. The number of hydrogen-bond donors (Lipinski definition) is 2. The largest absolute Gasteiger partial charge is 0.454 e. The van der Waals surface area contributed by atoms with Gasteiger partial charge in [0.25, 0.3) is 0 Å². The Balaban J connectivity index is 1.33. The highest BCUT2D eigenvalue weighted by atomic mass is 32.1. The first kappa shape index (κ1) is 17.6. The van der Waals surface area contributed by atoms with Crippen molar-refractivity contribution >= 4 is 34.5 Å². The van der Waals surface area contributed by atoms with E-state index in [9.17, 15) is 9.59 Å². The summed E-state index contributed by atoms with van der Waals surface area (Å²) < 4.78 is 10.5. The molecular weight excluding hydrogens is 382 g/mol. The van der Waals surface area contributed by atoms with E-state index in [2.05, 4.69) is 26.0 Å². The van der Waals surface area contributed by atoms with Crippen molar-refractivity contribution in [3.8, 4) is 22.1 Å². The molecule has 4 rings (SSSR count). The fourth-order valence-corrected chi connectivity index (χ4v) is 3.08. The molecule has 1 aromatic heterocycles. The van der Waals surface area contributed by atoms with E-state index in [1.54, 1.807) is 18.2 Å². The van der Waals surface area contributed by atoms with Crippen LogP contribution in [0.1, 0.15) is 5.56 Å². The molecule has 0 saturated carbocycles. The second kappa shape index (κ2) is 7.84. The van der Waals surface area contributed by atoms with Gasteiger partial charge in [0.1, 0.15) is 5.01 Å². The normalized spacial score (nSPS) is 12.1. The molecule has 28 heavy (non-hydrogen) atoms. The van der Waals surface area contributed by atoms with E-state index in [0.29, 0.717) is 22.1 Å². The zero-order valence-corrected chi connectivity index (χ0v) is 15.1. The summed E-state index contributed by atoms with van der Waals surface area (Å²) in [6.45, 7) is 0.171. The quantitative estimate of drug-likeness (QED) is 0.397. The van der Waals surface area contributed by atoms with Crippen molar-refractivity contribution in [2.24, 2.45) is 5.10 Å². The number of hydrogen-bond acceptors (Lipinski definition) is 8. The summed E-state index contributed by atoms with van der Waals surface area (Å²) in [6, 6.07) is 14.6. The smallest absolute Gasteiger partial charge is 0.329 e. The van der Waals surface area contributed by atoms with Gasteiger partial charge in [-0.3, -0.25) is 14.9 Å². The van der Waals surface area contributed by atoms with E-state index in [4.69, 9.17) is 9.47 Å². The standard InChI is InChI=1S/C18H13N5O4S/c24-15(20-18-23-22-17(28-18)12-4-2-1-3-5-12)16(25)21-19-9-11-6-7-13-14(8-11)27-10-26-13/h1-9H,10H2,(H,21,25)(H,20,23,24)/b19-9-. The molecule has 3 aromatic rings. The molecule has 0 aliphatic carbocycles. The van der Waals surface area contributed by atoms with Gasteiger partial charge in [-0.1, -0.05) is 41.7 Å². The molecule has 2 amide bonds. The first-order chi connectivity index (χ1) is 13.7. The maximum Gasteiger partial charge on any atom is 0.329 e. The minimum atomic E-state index is -0.923. The topological polar surface area (TPSA) is 115 Å². The summed E-state index contributed by atoms with van der Waals surface area (Å²) in [7, 11) is 0. The zero-order valence-electron chi connectivity index (χ0n) is 14.3. The lowest BCUT2D eigenvalue weighted by Gasteiger charge is -2.00. The highest BCUT2D eigenvalue weighted by molar-refractivity contribution is 7.18. The average Bonchev–Trinajstić information content (AvgIpc) is 3.37. The molecule has 0 atom stereocenters. The predicted molar refractivity (Wildman–Crippen MR) is 102 cm³/mol. The minimum absolute atomic E-state index is 0.171. The van der Waals surface area contributed by atoms with E-state index >= 15 is 0 Å². The monoisotopic (exact) mass is 395 g/mol. The van der Waals surface area contributed by atoms with Gasteiger partial charge in [0.05, 0.1) is 6.21 Å². The molecule has 1 aliphatic heterocycles. The molecule has 0 unspecified atom stereocenters. The molecule has 140 valence electrons. The summed E-state index contributed by atoms with van der Waals surface area (Å²) in [5.41, 5.74) is 3.72. The molecule has 10 heteroatoms. The van der Waals surface area contributed by atoms with Crippen LogP contribution in [0.25, 0.3) is 10.6 Å². The average molecular weight is 395 g/mol. The Kier molecular flexibility index (Phi) is 4.93. The van der Waals surface area contributed by atoms with Crippen LogP contribution in [0.5, 0.6) is 11.5 Å². The number of rotatable bonds is 4. The number of carbonyl (C=O) groups is 2. The van der Waals surface area contributed by atoms with Crippen LogP contribution in [0, 0.1) is 0 Å². The number of benzene rings is 2. The van der Waals surface area contributed by atoms with Crippen molar-refractivity contribution in [2.45, 2.75) is 0 Å². The third-order valence-electron chi connectivity index (χ3n) is 3.65. The molecule has 2 heterocycles. The minimum Gasteiger partial charge on any atom is -0.454 e. The number of nitrogens with zero attached hydrogens (tertiary/aromatic N) is 3. The number of nitrogens with one attached hydrogen (secondary N) is 2. The van der Waals surface area contributed by atoms with Crippen LogP contribution in [0.15, 0.2) is 53.6 Å². The summed E-state index contributed by atoms with van der Waals surface area (Å²) in [5.74, 6) is -0.571. The van der Waals surface area contributed by atoms with Gasteiger partial charge in [0.15, 0.2) is 11.5 Å². The molecule has 9 nitrogen and oxygen atoms in total. The van der Waals surface area contributed by atoms with Crippen LogP contribution in [0.2, 0.25) is 0 Å². The third kappa shape index (κ3) is 3.96. The second-order valence-electron chi connectivity index (χ2n) is 5.54. The molecule has 0 fully saturated rings. The van der Waals surface area contributed by atoms with Crippen molar-refractivity contribution in [1.82, 2.24) is 15.6 Å². The van der Waals surface area contributed by atoms with Gasteiger partial charge in [-0.15, -0.1) is 10.2 Å². The van der Waals surface area contributed by atoms with E-state index in [1.165, 1.54) is 17.6 Å². The highest BCUT2D eigenvalue weighted by Gasteiger charge is 2.16. The van der Waals surface area contributed by atoms with Crippen molar-refractivity contribution in [3.63, 3.8) is 0 Å². The van der Waals surface area contributed by atoms with Gasteiger partial charge in [-0.25, -0.2) is 5.43 Å². The number of ether oxygens (including phenoxy) is 2. The van der Waals surface area contributed by atoms with E-state index < -0.39 is 11.8 Å². The molecule has 0 radical (unpaired) electrons. The fourth-order valence-electron chi connectivity index (χ4n) is 2.33. The van der Waals surface area contributed by atoms with Crippen LogP contribution in [-0.2, 0) is 9.59 Å². The number of anilines is 1. The van der Waals surface area contributed by atoms with Gasteiger partial charge in [0.2, 0.25) is 11.9 Å². The van der Waals surface area contributed by atoms with Crippen LogP contribution in [0.3, 0.4) is 0 Å². The summed E-state index contributed by atoms with van der Waals surface area (Å²) in [5, 5.41) is 14.9. The molecule has 2 aromatic carbocycles. The van der Waals surface area contributed by atoms with Crippen molar-refractivity contribution in [2.75, 3.05) is 12.1 Å². The Morgan fingerprint density at radius 2 is 1.86 bits per heavy atom. The van der Waals surface area contributed by atoms with Gasteiger partial charge in [-0.05, 0) is 23.8 Å². The summed E-state index contributed by atoms with van der Waals surface area (Å²) in [6.07, 6.45) is 1.39. The molecule has 0 spiro atoms. The van der Waals surface area contributed by atoms with Gasteiger partial charge < -0.3 is 9.47 Å². The van der Waals surface area contributed by atoms with Gasteiger partial charge in [0, 0.05) is 5.56 Å². The summed E-state index contributed by atoms with van der Waals surface area (Å²) in [4.78, 5) is 23.8. The Hall–Kier alpha value is -3.79. The second-order valence-corrected chi connectivity index (χ2v) is 6.52. The fraction of sp³-hybridized carbons (Fsp3) is 0.0556. The van der Waals surface area contributed by atoms with Gasteiger partial charge in [-0.2, -0.15) is 5.10 Å². The van der Waals surface area contributed by atoms with Crippen molar-refractivity contribution in [3.05, 3.63) is 54.1 Å². The van der Waals surface area contributed by atoms with Crippen LogP contribution in [-0.4, -0.2) is 35.0 Å². The van der Waals surface area contributed by atoms with Crippen LogP contribution in [0.4, 0.5) is 5.13 Å². The lowest BCUT2D eigenvalue weighted by molar-refractivity contribution is -0.136. The lowest BCUT2D eigenvalue weighted by atomic mass is 10.2. The molecule has 0 saturated heterocycles.